The van der Waals surface area contributed by atoms with Crippen molar-refractivity contribution in [2.24, 2.45) is 28.8 Å². The molecule has 2 aromatic rings. The van der Waals surface area contributed by atoms with Crippen LogP contribution in [0.3, 0.4) is 0 Å². The van der Waals surface area contributed by atoms with E-state index in [2.05, 4.69) is 102 Å². The summed E-state index contributed by atoms with van der Waals surface area (Å²) in [6.07, 6.45) is 7.93. The zero-order chi connectivity index (χ0) is 35.4. The first kappa shape index (κ1) is 47.3. The summed E-state index contributed by atoms with van der Waals surface area (Å²) in [7, 11) is 0. The number of hydrogen-bond acceptors (Lipinski definition) is 8. The summed E-state index contributed by atoms with van der Waals surface area (Å²) in [6.45, 7) is 34.8. The fourth-order valence-electron chi connectivity index (χ4n) is 3.32. The van der Waals surface area contributed by atoms with Crippen molar-refractivity contribution in [1.29, 1.82) is 0 Å². The standard InChI is InChI=1S/C10H17NO2.C8H15N3.C7H15NO.C5H9N3.C4H10.CH4/c1-6(2)8-5-9(12)11(7(3)4)10(8)13;1-6(2)8-5-11(7(3)4)10-9-8;1-6(2)5-8-9-7(3)4;1-5(2)8-4-3-6-7-8;1-4(2)3;/h6-8H,5H2,1-4H3;5-7H,1-4H3;5-7H,1-4H3;3-5H,1-2H3;4H,1-3H3;1H4/b;;8-5+;;;. The van der Waals surface area contributed by atoms with Crippen LogP contribution < -0.4 is 0 Å². The van der Waals surface area contributed by atoms with Crippen molar-refractivity contribution < 1.29 is 14.4 Å². The molecular weight excluding hydrogens is 580 g/mol. The van der Waals surface area contributed by atoms with Crippen molar-refractivity contribution in [1.82, 2.24) is 34.9 Å². The predicted molar refractivity (Wildman–Crippen MR) is 192 cm³/mol. The van der Waals surface area contributed by atoms with Gasteiger partial charge in [0.25, 0.3) is 0 Å². The molecule has 0 aliphatic carbocycles. The number of carbonyl (C=O) groups excluding carboxylic acids is 2. The third kappa shape index (κ3) is 21.6. The Morgan fingerprint density at radius 3 is 1.57 bits per heavy atom. The van der Waals surface area contributed by atoms with E-state index in [9.17, 15) is 9.59 Å². The number of amides is 2. The zero-order valence-corrected chi connectivity index (χ0v) is 31.5. The summed E-state index contributed by atoms with van der Waals surface area (Å²) in [5.74, 6) is 1.95. The minimum Gasteiger partial charge on any atom is -0.393 e. The van der Waals surface area contributed by atoms with Gasteiger partial charge in [0.2, 0.25) is 11.8 Å². The topological polar surface area (TPSA) is 120 Å². The second kappa shape index (κ2) is 25.0. The number of nitrogens with zero attached hydrogens (tertiary/aromatic N) is 8. The van der Waals surface area contributed by atoms with Gasteiger partial charge in [0, 0.05) is 49.1 Å². The molecule has 2 amide bonds. The highest BCUT2D eigenvalue weighted by Crippen LogP contribution is 2.27. The molecule has 1 atom stereocenters. The van der Waals surface area contributed by atoms with Gasteiger partial charge in [-0.25, -0.2) is 4.68 Å². The average Bonchev–Trinajstić information content (AvgIpc) is 3.65. The SMILES string of the molecule is C.CC(C)/C=N/OC(C)C.CC(C)C.CC(C)C1CC(=O)N(C(C)C)C1=O.CC(C)c1cn(C(C)C)nn1.CC(C)n1ccnn1. The molecule has 3 rings (SSSR count). The van der Waals surface area contributed by atoms with Gasteiger partial charge in [-0.2, -0.15) is 0 Å². The lowest BCUT2D eigenvalue weighted by molar-refractivity contribution is -0.141. The number of oxime groups is 1. The molecule has 0 bridgehead atoms. The summed E-state index contributed by atoms with van der Waals surface area (Å²) in [5.41, 5.74) is 1.07. The third-order valence-electron chi connectivity index (χ3n) is 5.79. The summed E-state index contributed by atoms with van der Waals surface area (Å²) in [4.78, 5) is 29.5. The van der Waals surface area contributed by atoms with E-state index in [0.29, 0.717) is 30.3 Å². The molecule has 0 saturated carbocycles. The first-order chi connectivity index (χ1) is 20.7. The van der Waals surface area contributed by atoms with Crippen molar-refractivity contribution in [3.63, 3.8) is 0 Å². The molecule has 1 fully saturated rings. The Kier molecular flexibility index (Phi) is 25.7. The third-order valence-corrected chi connectivity index (χ3v) is 5.79. The molecule has 1 unspecified atom stereocenters. The molecule has 1 aliphatic rings. The molecule has 1 saturated heterocycles. The molecule has 0 spiro atoms. The Morgan fingerprint density at radius 2 is 1.33 bits per heavy atom. The Bertz CT molecular complexity index is 1030. The molecule has 0 N–H and O–H groups in total. The minimum absolute atomic E-state index is 0. The first-order valence-electron chi connectivity index (χ1n) is 16.5. The summed E-state index contributed by atoms with van der Waals surface area (Å²) in [5, 5.41) is 19.2. The number of carbonyl (C=O) groups is 2. The number of hydrogen-bond donors (Lipinski definition) is 0. The van der Waals surface area contributed by atoms with Crippen LogP contribution in [0.5, 0.6) is 0 Å². The minimum atomic E-state index is -0.0881. The van der Waals surface area contributed by atoms with E-state index in [1.807, 2.05) is 58.6 Å². The summed E-state index contributed by atoms with van der Waals surface area (Å²) < 4.78 is 3.69. The highest BCUT2D eigenvalue weighted by Gasteiger charge is 2.41. The fraction of sp³-hybridized carbons (Fsp3) is 0.800. The van der Waals surface area contributed by atoms with Crippen LogP contribution in [0.25, 0.3) is 0 Å². The summed E-state index contributed by atoms with van der Waals surface area (Å²) in [6, 6.07) is 0.844. The Morgan fingerprint density at radius 1 is 0.804 bits per heavy atom. The van der Waals surface area contributed by atoms with Crippen LogP contribution in [-0.2, 0) is 14.4 Å². The van der Waals surface area contributed by atoms with Crippen LogP contribution >= 0.6 is 0 Å². The van der Waals surface area contributed by atoms with E-state index in [-0.39, 0.29) is 43.2 Å². The second-order valence-corrected chi connectivity index (χ2v) is 14.0. The fourth-order valence-corrected chi connectivity index (χ4v) is 3.32. The van der Waals surface area contributed by atoms with Gasteiger partial charge in [0.05, 0.1) is 11.9 Å². The lowest BCUT2D eigenvalue weighted by Crippen LogP contribution is -2.37. The molecule has 11 nitrogen and oxygen atoms in total. The van der Waals surface area contributed by atoms with E-state index in [0.717, 1.165) is 11.6 Å². The number of aromatic nitrogens is 6. The Balaban J connectivity index is -0.000000519. The first-order valence-corrected chi connectivity index (χ1v) is 16.5. The van der Waals surface area contributed by atoms with Gasteiger partial charge in [-0.05, 0) is 79.1 Å². The normalized spacial score (nSPS) is 14.4. The van der Waals surface area contributed by atoms with Gasteiger partial charge in [-0.3, -0.25) is 19.2 Å². The van der Waals surface area contributed by atoms with E-state index < -0.39 is 0 Å². The van der Waals surface area contributed by atoms with Crippen molar-refractivity contribution in [2.45, 2.75) is 162 Å². The van der Waals surface area contributed by atoms with E-state index in [1.54, 1.807) is 17.1 Å². The number of imide groups is 1. The van der Waals surface area contributed by atoms with Gasteiger partial charge >= 0.3 is 0 Å². The van der Waals surface area contributed by atoms with Crippen molar-refractivity contribution in [3.8, 4) is 0 Å². The molecule has 3 heterocycles. The van der Waals surface area contributed by atoms with Crippen LogP contribution in [0.2, 0.25) is 0 Å². The smallest absolute Gasteiger partial charge is 0.233 e. The van der Waals surface area contributed by atoms with E-state index in [1.165, 1.54) is 4.90 Å². The molecule has 0 radical (unpaired) electrons. The van der Waals surface area contributed by atoms with Crippen molar-refractivity contribution in [3.05, 3.63) is 24.3 Å². The Hall–Kier alpha value is -3.11. The molecule has 0 aromatic carbocycles. The average molecular weight is 651 g/mol. The number of likely N-dealkylation sites (tertiary alicyclic amines) is 1. The molecule has 1 aliphatic heterocycles. The maximum atomic E-state index is 11.7. The molecule has 268 valence electrons. The lowest BCUT2D eigenvalue weighted by atomic mass is 9.94. The van der Waals surface area contributed by atoms with E-state index in [4.69, 9.17) is 4.84 Å². The van der Waals surface area contributed by atoms with Crippen LogP contribution in [0.15, 0.2) is 23.7 Å². The number of rotatable bonds is 8. The van der Waals surface area contributed by atoms with Gasteiger partial charge in [0.1, 0.15) is 6.10 Å². The van der Waals surface area contributed by atoms with Gasteiger partial charge in [-0.15, -0.1) is 10.2 Å². The highest BCUT2D eigenvalue weighted by atomic mass is 16.6. The molecule has 2 aromatic heterocycles. The largest absolute Gasteiger partial charge is 0.393 e. The highest BCUT2D eigenvalue weighted by molar-refractivity contribution is 6.03. The molecule has 46 heavy (non-hydrogen) atoms. The van der Waals surface area contributed by atoms with Crippen LogP contribution in [-0.4, -0.2) is 65.1 Å². The van der Waals surface area contributed by atoms with Crippen molar-refractivity contribution >= 4 is 18.0 Å². The second-order valence-electron chi connectivity index (χ2n) is 14.0. The molecule has 11 heteroatoms. The van der Waals surface area contributed by atoms with E-state index >= 15 is 0 Å². The lowest BCUT2D eigenvalue weighted by Gasteiger charge is -2.19. The van der Waals surface area contributed by atoms with Gasteiger partial charge in [-0.1, -0.05) is 85.3 Å². The van der Waals surface area contributed by atoms with Crippen LogP contribution in [0.4, 0.5) is 0 Å². The van der Waals surface area contributed by atoms with Gasteiger partial charge in [0.15, 0.2) is 0 Å². The monoisotopic (exact) mass is 651 g/mol. The maximum Gasteiger partial charge on any atom is 0.233 e. The zero-order valence-electron chi connectivity index (χ0n) is 31.5. The maximum absolute atomic E-state index is 11.7. The van der Waals surface area contributed by atoms with Crippen LogP contribution in [0.1, 0.15) is 155 Å². The quantitative estimate of drug-likeness (QED) is 0.159. The van der Waals surface area contributed by atoms with Gasteiger partial charge < -0.3 is 4.84 Å². The Labute approximate surface area is 281 Å². The van der Waals surface area contributed by atoms with Crippen LogP contribution in [0, 0.1) is 23.7 Å². The predicted octanol–water partition coefficient (Wildman–Crippen LogP) is 8.62. The summed E-state index contributed by atoms with van der Waals surface area (Å²) >= 11 is 0. The van der Waals surface area contributed by atoms with Crippen molar-refractivity contribution in [2.75, 3.05) is 0 Å². The molecular formula is C35H70N8O3.